The first-order valence-corrected chi connectivity index (χ1v) is 17.9. The zero-order chi connectivity index (χ0) is 29.0. The number of fused-ring (bicyclic) bond motifs is 2. The lowest BCUT2D eigenvalue weighted by atomic mass is 9.73. The van der Waals surface area contributed by atoms with Gasteiger partial charge in [-0.25, -0.2) is 0 Å². The molecule has 1 saturated carbocycles. The zero-order valence-corrected chi connectivity index (χ0v) is 26.6. The summed E-state index contributed by atoms with van der Waals surface area (Å²) in [6.45, 7) is 9.31. The van der Waals surface area contributed by atoms with Crippen LogP contribution in [0, 0.1) is 17.8 Å². The fourth-order valence-corrected chi connectivity index (χ4v) is 12.7. The van der Waals surface area contributed by atoms with E-state index in [0.717, 1.165) is 50.5 Å². The van der Waals surface area contributed by atoms with Crippen molar-refractivity contribution in [3.05, 3.63) is 90.0 Å². The minimum atomic E-state index is -2.71. The second kappa shape index (κ2) is 12.9. The number of phenols is 1. The fourth-order valence-electron chi connectivity index (χ4n) is 8.00. The van der Waals surface area contributed by atoms with E-state index in [1.54, 1.807) is 0 Å². The van der Waals surface area contributed by atoms with Crippen molar-refractivity contribution in [2.45, 2.75) is 103 Å². The van der Waals surface area contributed by atoms with E-state index in [1.807, 2.05) is 12.1 Å². The molecular weight excluding hydrogens is 520 g/mol. The van der Waals surface area contributed by atoms with Gasteiger partial charge in [0.15, 0.2) is 0 Å². The van der Waals surface area contributed by atoms with E-state index in [-0.39, 0.29) is 17.2 Å². The second-order valence-corrected chi connectivity index (χ2v) is 17.9. The van der Waals surface area contributed by atoms with E-state index in [4.69, 9.17) is 4.43 Å². The molecule has 0 bridgehead atoms. The maximum atomic E-state index is 11.0. The number of hydrogen-bond acceptors (Lipinski definition) is 3. The van der Waals surface area contributed by atoms with Crippen LogP contribution in [0.25, 0.3) is 0 Å². The van der Waals surface area contributed by atoms with Crippen molar-refractivity contribution in [3.8, 4) is 5.75 Å². The average Bonchev–Trinajstić information content (AvgIpc) is 3.30. The van der Waals surface area contributed by atoms with Crippen LogP contribution in [0.5, 0.6) is 5.75 Å². The van der Waals surface area contributed by atoms with Crippen molar-refractivity contribution in [2.24, 2.45) is 17.8 Å². The number of rotatable bonds is 11. The summed E-state index contributed by atoms with van der Waals surface area (Å²) in [4.78, 5) is 0. The normalized spacial score (nSPS) is 23.1. The molecule has 5 atom stereocenters. The van der Waals surface area contributed by atoms with Gasteiger partial charge in [-0.2, -0.15) is 0 Å². The summed E-state index contributed by atoms with van der Waals surface area (Å²) in [5, 5.41) is 24.3. The van der Waals surface area contributed by atoms with Gasteiger partial charge >= 0.3 is 0 Å². The first kappa shape index (κ1) is 30.1. The number of benzene rings is 3. The van der Waals surface area contributed by atoms with Gasteiger partial charge in [-0.05, 0) is 88.9 Å². The molecule has 3 aromatic carbocycles. The van der Waals surface area contributed by atoms with Gasteiger partial charge in [0.2, 0.25) is 0 Å². The molecule has 3 nitrogen and oxygen atoms in total. The van der Waals surface area contributed by atoms with Gasteiger partial charge < -0.3 is 14.6 Å². The topological polar surface area (TPSA) is 49.7 Å². The summed E-state index contributed by atoms with van der Waals surface area (Å²) in [7, 11) is -2.71. The Hall–Kier alpha value is -2.40. The maximum absolute atomic E-state index is 11.0. The van der Waals surface area contributed by atoms with E-state index in [9.17, 15) is 10.2 Å². The Balaban J connectivity index is 1.52. The van der Waals surface area contributed by atoms with Gasteiger partial charge in [0.05, 0.1) is 6.10 Å². The largest absolute Gasteiger partial charge is 0.508 e. The molecule has 2 N–H and O–H groups in total. The van der Waals surface area contributed by atoms with Crippen LogP contribution in [0.3, 0.4) is 0 Å². The Labute approximate surface area is 249 Å². The van der Waals surface area contributed by atoms with Gasteiger partial charge in [-0.1, -0.05) is 120 Å². The van der Waals surface area contributed by atoms with E-state index in [1.165, 1.54) is 28.8 Å². The highest BCUT2D eigenvalue weighted by Gasteiger charge is 2.55. The minimum absolute atomic E-state index is 0.0745. The van der Waals surface area contributed by atoms with Crippen LogP contribution in [0.1, 0.15) is 83.8 Å². The van der Waals surface area contributed by atoms with Crippen LogP contribution in [0.15, 0.2) is 78.9 Å². The summed E-state index contributed by atoms with van der Waals surface area (Å²) >= 11 is 0. The van der Waals surface area contributed by atoms with Gasteiger partial charge in [0.1, 0.15) is 5.75 Å². The number of aliphatic hydroxyl groups is 1. The Kier molecular flexibility index (Phi) is 9.42. The highest BCUT2D eigenvalue weighted by atomic mass is 28.4. The Morgan fingerprint density at radius 2 is 1.51 bits per heavy atom. The molecule has 0 spiro atoms. The molecule has 0 amide bonds. The summed E-state index contributed by atoms with van der Waals surface area (Å²) in [5.41, 5.74) is 2.43. The summed E-state index contributed by atoms with van der Waals surface area (Å²) < 4.78 is 7.79. The van der Waals surface area contributed by atoms with Crippen LogP contribution < -0.4 is 10.4 Å². The lowest BCUT2D eigenvalue weighted by molar-refractivity contribution is 0.0949. The van der Waals surface area contributed by atoms with Gasteiger partial charge in [-0.15, -0.1) is 0 Å². The predicted molar refractivity (Wildman–Crippen MR) is 172 cm³/mol. The molecule has 5 rings (SSSR count). The third kappa shape index (κ3) is 6.21. The van der Waals surface area contributed by atoms with Crippen molar-refractivity contribution in [2.75, 3.05) is 0 Å². The monoisotopic (exact) mass is 570 g/mol. The van der Waals surface area contributed by atoms with Gasteiger partial charge in [-0.3, -0.25) is 0 Å². The van der Waals surface area contributed by atoms with E-state index >= 15 is 0 Å². The molecule has 0 saturated heterocycles. The molecule has 0 unspecified atom stereocenters. The number of phenolic OH excluding ortho intramolecular Hbond substituents is 1. The van der Waals surface area contributed by atoms with Crippen LogP contribution in [0.4, 0.5) is 0 Å². The first-order chi connectivity index (χ1) is 19.7. The molecule has 4 heteroatoms. The number of unbranched alkanes of at least 4 members (excludes halogenated alkanes) is 2. The average molecular weight is 571 g/mol. The molecule has 2 aliphatic carbocycles. The summed E-state index contributed by atoms with van der Waals surface area (Å²) in [5.74, 6) is 1.83. The van der Waals surface area contributed by atoms with E-state index < -0.39 is 8.32 Å². The van der Waals surface area contributed by atoms with Crippen molar-refractivity contribution in [1.29, 1.82) is 0 Å². The molecule has 0 radical (unpaired) electrons. The lowest BCUT2D eigenvalue weighted by Crippen LogP contribution is -2.68. The number of aliphatic hydroxyl groups excluding tert-OH is 1. The van der Waals surface area contributed by atoms with E-state index in [0.29, 0.717) is 23.5 Å². The van der Waals surface area contributed by atoms with Crippen LogP contribution in [0.2, 0.25) is 5.04 Å². The highest BCUT2D eigenvalue weighted by molar-refractivity contribution is 6.99. The van der Waals surface area contributed by atoms with Gasteiger partial charge in [0.25, 0.3) is 8.32 Å². The molecule has 1 fully saturated rings. The summed E-state index contributed by atoms with van der Waals surface area (Å²) in [6, 6.07) is 28.0. The third-order valence-corrected chi connectivity index (χ3v) is 15.1. The lowest BCUT2D eigenvalue weighted by Gasteiger charge is -2.46. The SMILES string of the molecule is CCCCC[C@H](O)CC[C@@H]1[C@H]2Cc3cccc(O)c3C[C@H]2C[C@H]1O[Si](c1ccccc1)(c1ccccc1)C(C)(C)C. The molecule has 2 aliphatic rings. The standard InChI is InChI=1S/C37H50O3Si/c1-5-6-9-16-29(38)22-23-32-33-24-27-15-14-21-35(39)34(27)25-28(33)26-36(32)40-41(37(2,3)4,30-17-10-7-11-18-30)31-19-12-8-13-20-31/h7-8,10-15,17-21,28-29,32-33,36,38-39H,5-6,9,16,22-26H2,1-4H3/t28-,29-,32+,33-,36+/m0/s1. The molecule has 0 aliphatic heterocycles. The first-order valence-electron chi connectivity index (χ1n) is 16.0. The van der Waals surface area contributed by atoms with Crippen LogP contribution in [-0.2, 0) is 17.3 Å². The quantitative estimate of drug-likeness (QED) is 0.186. The Bertz CT molecular complexity index is 1210. The van der Waals surface area contributed by atoms with Crippen LogP contribution in [-0.4, -0.2) is 30.7 Å². The van der Waals surface area contributed by atoms with Crippen molar-refractivity contribution in [3.63, 3.8) is 0 Å². The predicted octanol–water partition coefficient (Wildman–Crippen LogP) is 7.41. The van der Waals surface area contributed by atoms with Crippen molar-refractivity contribution < 1.29 is 14.6 Å². The van der Waals surface area contributed by atoms with E-state index in [2.05, 4.69) is 94.4 Å². The van der Waals surface area contributed by atoms with Crippen molar-refractivity contribution >= 4 is 18.7 Å². The third-order valence-electron chi connectivity index (χ3n) is 10.1. The molecule has 0 aromatic heterocycles. The fraction of sp³-hybridized carbons (Fsp3) is 0.514. The molecule has 0 heterocycles. The van der Waals surface area contributed by atoms with Crippen molar-refractivity contribution in [1.82, 2.24) is 0 Å². The molecule has 41 heavy (non-hydrogen) atoms. The van der Waals surface area contributed by atoms with Gasteiger partial charge in [0, 0.05) is 6.10 Å². The zero-order valence-electron chi connectivity index (χ0n) is 25.6. The Morgan fingerprint density at radius 3 is 2.12 bits per heavy atom. The van der Waals surface area contributed by atoms with Crippen LogP contribution >= 0.6 is 0 Å². The number of aromatic hydroxyl groups is 1. The highest BCUT2D eigenvalue weighted by Crippen LogP contribution is 2.51. The second-order valence-electron chi connectivity index (χ2n) is 13.7. The Morgan fingerprint density at radius 1 is 0.854 bits per heavy atom. The maximum Gasteiger partial charge on any atom is 0.261 e. The summed E-state index contributed by atoms with van der Waals surface area (Å²) in [6.07, 6.45) is 8.99. The smallest absolute Gasteiger partial charge is 0.261 e. The molecule has 220 valence electrons. The minimum Gasteiger partial charge on any atom is -0.508 e. The molecular formula is C37H50O3Si. The molecule has 3 aromatic rings. The number of hydrogen-bond donors (Lipinski definition) is 2.